The van der Waals surface area contributed by atoms with Gasteiger partial charge in [0.15, 0.2) is 0 Å². The molecule has 5 heteroatoms. The molecule has 0 saturated heterocycles. The molecule has 0 aliphatic carbocycles. The van der Waals surface area contributed by atoms with Crippen LogP contribution in [0.5, 0.6) is 11.5 Å². The number of aliphatic hydroxyl groups excluding tert-OH is 1. The Kier molecular flexibility index (Phi) is 6.53. The van der Waals surface area contributed by atoms with Crippen molar-refractivity contribution in [3.63, 3.8) is 0 Å². The van der Waals surface area contributed by atoms with Gasteiger partial charge in [-0.05, 0) is 50.5 Å². The minimum absolute atomic E-state index is 0.0670. The minimum Gasteiger partial charge on any atom is -0.505 e. The molecular formula is C20H26N2O3. The number of aliphatic imine (C=N–C) groups is 1. The molecule has 0 unspecified atom stereocenters. The van der Waals surface area contributed by atoms with Crippen LogP contribution in [-0.2, 0) is 6.61 Å². The molecule has 0 bridgehead atoms. The lowest BCUT2D eigenvalue weighted by Crippen LogP contribution is -2.02. The number of nitrogens with zero attached hydrogens (tertiary/aromatic N) is 2. The van der Waals surface area contributed by atoms with E-state index in [0.717, 1.165) is 12.2 Å². The highest BCUT2D eigenvalue weighted by Gasteiger charge is 2.09. The number of benzene rings is 1. The monoisotopic (exact) mass is 342 g/mol. The Hall–Kier alpha value is -2.40. The molecule has 1 aromatic heterocycles. The first-order valence-electron chi connectivity index (χ1n) is 8.42. The third kappa shape index (κ3) is 4.79. The third-order valence-electron chi connectivity index (χ3n) is 4.20. The lowest BCUT2D eigenvalue weighted by molar-refractivity contribution is 0.280. The summed E-state index contributed by atoms with van der Waals surface area (Å²) in [5.74, 6) is 0.990. The van der Waals surface area contributed by atoms with E-state index in [-0.39, 0.29) is 12.4 Å². The largest absolute Gasteiger partial charge is 0.505 e. The molecule has 0 aliphatic rings. The van der Waals surface area contributed by atoms with Gasteiger partial charge in [-0.3, -0.25) is 9.98 Å². The predicted molar refractivity (Wildman–Crippen MR) is 99.8 cm³/mol. The van der Waals surface area contributed by atoms with E-state index < -0.39 is 0 Å². The quantitative estimate of drug-likeness (QED) is 0.597. The van der Waals surface area contributed by atoms with Gasteiger partial charge >= 0.3 is 0 Å². The van der Waals surface area contributed by atoms with Crippen LogP contribution in [0.25, 0.3) is 0 Å². The van der Waals surface area contributed by atoms with Crippen molar-refractivity contribution in [3.05, 3.63) is 51.8 Å². The second kappa shape index (κ2) is 8.62. The zero-order valence-electron chi connectivity index (χ0n) is 15.3. The van der Waals surface area contributed by atoms with Crippen LogP contribution in [0, 0.1) is 27.7 Å². The summed E-state index contributed by atoms with van der Waals surface area (Å²) < 4.78 is 5.87. The van der Waals surface area contributed by atoms with E-state index in [1.54, 1.807) is 19.3 Å². The van der Waals surface area contributed by atoms with Crippen LogP contribution in [0.4, 0.5) is 0 Å². The summed E-state index contributed by atoms with van der Waals surface area (Å²) in [4.78, 5) is 8.37. The summed E-state index contributed by atoms with van der Waals surface area (Å²) >= 11 is 0. The molecule has 2 rings (SSSR count). The second-order valence-electron chi connectivity index (χ2n) is 6.23. The predicted octanol–water partition coefficient (Wildman–Crippen LogP) is 3.40. The van der Waals surface area contributed by atoms with Gasteiger partial charge in [0.25, 0.3) is 0 Å². The zero-order chi connectivity index (χ0) is 18.4. The fourth-order valence-electron chi connectivity index (χ4n) is 2.57. The van der Waals surface area contributed by atoms with Crippen LogP contribution in [0.3, 0.4) is 0 Å². The lowest BCUT2D eigenvalue weighted by Gasteiger charge is -2.12. The van der Waals surface area contributed by atoms with Crippen LogP contribution in [0.15, 0.2) is 23.3 Å². The van der Waals surface area contributed by atoms with Gasteiger partial charge in [0, 0.05) is 36.5 Å². The average Bonchev–Trinajstić information content (AvgIpc) is 2.58. The number of rotatable bonds is 7. The van der Waals surface area contributed by atoms with E-state index >= 15 is 0 Å². The Bertz CT molecular complexity index is 770. The number of aromatic hydroxyl groups is 1. The van der Waals surface area contributed by atoms with Crippen molar-refractivity contribution in [2.75, 3.05) is 13.2 Å². The summed E-state index contributed by atoms with van der Waals surface area (Å²) in [5, 5.41) is 19.4. The highest BCUT2D eigenvalue weighted by molar-refractivity contribution is 5.85. The Morgan fingerprint density at radius 3 is 2.68 bits per heavy atom. The molecular weight excluding hydrogens is 316 g/mol. The van der Waals surface area contributed by atoms with Crippen molar-refractivity contribution in [2.24, 2.45) is 4.99 Å². The first kappa shape index (κ1) is 18.9. The summed E-state index contributed by atoms with van der Waals surface area (Å²) in [6, 6.07) is 4.20. The Balaban J connectivity index is 1.90. The first-order chi connectivity index (χ1) is 11.9. The van der Waals surface area contributed by atoms with E-state index in [4.69, 9.17) is 4.74 Å². The van der Waals surface area contributed by atoms with Crippen LogP contribution in [0.1, 0.15) is 39.9 Å². The van der Waals surface area contributed by atoms with Gasteiger partial charge < -0.3 is 14.9 Å². The van der Waals surface area contributed by atoms with E-state index in [1.807, 2.05) is 0 Å². The standard InChI is InChI=1S/C20H26N2O3/c1-13-8-14(2)15(3)19(9-13)25-7-5-6-21-11-18-17(12-23)10-22-16(4)20(18)24/h8-11,23-24H,5-7,12H2,1-4H3. The molecule has 0 saturated carbocycles. The number of aromatic nitrogens is 1. The summed E-state index contributed by atoms with van der Waals surface area (Å²) in [5.41, 5.74) is 5.20. The molecule has 0 spiro atoms. The minimum atomic E-state index is -0.183. The SMILES string of the molecule is Cc1cc(C)c(C)c(OCCCN=Cc2c(CO)cnc(C)c2O)c1. The number of ether oxygens (including phenoxy) is 1. The molecule has 0 fully saturated rings. The normalized spacial score (nSPS) is 11.2. The molecule has 1 heterocycles. The molecule has 5 nitrogen and oxygen atoms in total. The van der Waals surface area contributed by atoms with Crippen molar-refractivity contribution in [1.82, 2.24) is 4.98 Å². The maximum Gasteiger partial charge on any atom is 0.145 e. The van der Waals surface area contributed by atoms with Gasteiger partial charge in [-0.1, -0.05) is 6.07 Å². The first-order valence-corrected chi connectivity index (χ1v) is 8.42. The number of aryl methyl sites for hydroxylation is 3. The Labute approximate surface area is 149 Å². The number of pyridine rings is 1. The molecule has 0 radical (unpaired) electrons. The van der Waals surface area contributed by atoms with E-state index in [9.17, 15) is 10.2 Å². The number of hydrogen-bond donors (Lipinski definition) is 2. The smallest absolute Gasteiger partial charge is 0.145 e. The fraction of sp³-hybridized carbons (Fsp3) is 0.400. The maximum absolute atomic E-state index is 10.1. The molecule has 134 valence electrons. The molecule has 2 N–H and O–H groups in total. The fourth-order valence-corrected chi connectivity index (χ4v) is 2.57. The van der Waals surface area contributed by atoms with Gasteiger partial charge in [0.05, 0.1) is 18.9 Å². The summed E-state index contributed by atoms with van der Waals surface area (Å²) in [6.45, 7) is 8.90. The highest BCUT2D eigenvalue weighted by Crippen LogP contribution is 2.24. The third-order valence-corrected chi connectivity index (χ3v) is 4.20. The van der Waals surface area contributed by atoms with Gasteiger partial charge in [-0.25, -0.2) is 0 Å². The average molecular weight is 342 g/mol. The molecule has 25 heavy (non-hydrogen) atoms. The topological polar surface area (TPSA) is 74.9 Å². The molecule has 0 amide bonds. The van der Waals surface area contributed by atoms with Gasteiger partial charge in [-0.15, -0.1) is 0 Å². The maximum atomic E-state index is 10.1. The lowest BCUT2D eigenvalue weighted by atomic mass is 10.1. The molecule has 0 atom stereocenters. The van der Waals surface area contributed by atoms with E-state index in [0.29, 0.717) is 30.0 Å². The van der Waals surface area contributed by atoms with Gasteiger partial charge in [0.2, 0.25) is 0 Å². The van der Waals surface area contributed by atoms with Crippen LogP contribution in [-0.4, -0.2) is 34.6 Å². The van der Waals surface area contributed by atoms with Crippen LogP contribution < -0.4 is 4.74 Å². The van der Waals surface area contributed by atoms with Crippen molar-refractivity contribution in [1.29, 1.82) is 0 Å². The molecule has 1 aromatic carbocycles. The van der Waals surface area contributed by atoms with E-state index in [2.05, 4.69) is 42.9 Å². The Morgan fingerprint density at radius 1 is 1.20 bits per heavy atom. The number of hydrogen-bond acceptors (Lipinski definition) is 5. The number of aliphatic hydroxyl groups is 1. The molecule has 0 aliphatic heterocycles. The van der Waals surface area contributed by atoms with Crippen LogP contribution in [0.2, 0.25) is 0 Å². The summed E-state index contributed by atoms with van der Waals surface area (Å²) in [6.07, 6.45) is 3.92. The van der Waals surface area contributed by atoms with E-state index in [1.165, 1.54) is 16.7 Å². The van der Waals surface area contributed by atoms with Crippen molar-refractivity contribution in [2.45, 2.75) is 40.7 Å². The second-order valence-corrected chi connectivity index (χ2v) is 6.23. The van der Waals surface area contributed by atoms with Crippen molar-refractivity contribution < 1.29 is 14.9 Å². The zero-order valence-corrected chi connectivity index (χ0v) is 15.3. The van der Waals surface area contributed by atoms with Gasteiger partial charge in [-0.2, -0.15) is 0 Å². The van der Waals surface area contributed by atoms with Gasteiger partial charge in [0.1, 0.15) is 11.5 Å². The Morgan fingerprint density at radius 2 is 1.96 bits per heavy atom. The molecule has 2 aromatic rings. The van der Waals surface area contributed by atoms with Crippen molar-refractivity contribution >= 4 is 6.21 Å². The highest BCUT2D eigenvalue weighted by atomic mass is 16.5. The van der Waals surface area contributed by atoms with Crippen LogP contribution >= 0.6 is 0 Å². The van der Waals surface area contributed by atoms with Crippen molar-refractivity contribution in [3.8, 4) is 11.5 Å². The summed E-state index contributed by atoms with van der Waals surface area (Å²) in [7, 11) is 0.